The Morgan fingerprint density at radius 3 is 1.26 bits per heavy atom. The summed E-state index contributed by atoms with van der Waals surface area (Å²) in [5.74, 6) is 0. The maximum atomic E-state index is 2.29. The Balaban J connectivity index is 0.000000470. The van der Waals surface area contributed by atoms with Gasteiger partial charge in [-0.2, -0.15) is 0 Å². The summed E-state index contributed by atoms with van der Waals surface area (Å²) in [6.45, 7) is 16.4. The summed E-state index contributed by atoms with van der Waals surface area (Å²) in [5, 5.41) is 5.36. The minimum atomic E-state index is 1.12. The van der Waals surface area contributed by atoms with Gasteiger partial charge in [-0.05, 0) is 45.5 Å². The third-order valence-electron chi connectivity index (χ3n) is 4.57. The number of hydrogen-bond donors (Lipinski definition) is 0. The van der Waals surface area contributed by atoms with Gasteiger partial charge in [0.2, 0.25) is 0 Å². The van der Waals surface area contributed by atoms with Gasteiger partial charge in [0.1, 0.15) is 0 Å². The highest BCUT2D eigenvalue weighted by Gasteiger charge is 1.94. The molecule has 0 nitrogen and oxygen atoms in total. The molecular weight excluding hydrogens is 372 g/mol. The second kappa shape index (κ2) is 18.2. The van der Waals surface area contributed by atoms with Gasteiger partial charge in [-0.25, -0.2) is 0 Å². The second-order valence-electron chi connectivity index (χ2n) is 6.47. The normalized spacial score (nSPS) is 9.03. The molecule has 0 aromatic heterocycles. The molecule has 168 valence electrons. The fraction of sp³-hybridized carbons (Fsp3) is 0.355. The first-order valence-electron chi connectivity index (χ1n) is 12.3. The van der Waals surface area contributed by atoms with Crippen LogP contribution < -0.4 is 0 Å². The van der Waals surface area contributed by atoms with Crippen molar-refractivity contribution in [2.75, 3.05) is 0 Å². The van der Waals surface area contributed by atoms with E-state index in [0.717, 1.165) is 6.42 Å². The number of benzene rings is 4. The number of fused-ring (bicyclic) bond motifs is 2. The van der Waals surface area contributed by atoms with Crippen LogP contribution in [0.4, 0.5) is 0 Å². The van der Waals surface area contributed by atoms with Crippen LogP contribution in [0.15, 0.2) is 84.9 Å². The molecule has 0 aliphatic heterocycles. The maximum absolute atomic E-state index is 2.29. The highest BCUT2D eigenvalue weighted by atomic mass is 14.0. The van der Waals surface area contributed by atoms with E-state index < -0.39 is 0 Å². The number of aryl methyl sites for hydroxylation is 2. The molecule has 4 aromatic rings. The van der Waals surface area contributed by atoms with Gasteiger partial charge in [0.25, 0.3) is 0 Å². The van der Waals surface area contributed by atoms with Crippen LogP contribution in [0.1, 0.15) is 72.9 Å². The Hall–Kier alpha value is -2.60. The topological polar surface area (TPSA) is 0 Å². The lowest BCUT2D eigenvalue weighted by Gasteiger charge is -2.01. The molecule has 0 N–H and O–H groups in total. The molecule has 0 heterocycles. The average Bonchev–Trinajstić information content (AvgIpc) is 2.88. The monoisotopic (exact) mass is 416 g/mol. The van der Waals surface area contributed by atoms with Crippen molar-refractivity contribution in [3.63, 3.8) is 0 Å². The molecule has 0 bridgehead atoms. The van der Waals surface area contributed by atoms with Gasteiger partial charge in [-0.3, -0.25) is 0 Å². The van der Waals surface area contributed by atoms with Crippen LogP contribution in [0.5, 0.6) is 0 Å². The Morgan fingerprint density at radius 2 is 0.839 bits per heavy atom. The first-order chi connectivity index (χ1) is 15.3. The third-order valence-corrected chi connectivity index (χ3v) is 4.57. The molecule has 0 unspecified atom stereocenters. The van der Waals surface area contributed by atoms with Crippen LogP contribution in [0.3, 0.4) is 0 Å². The molecule has 0 aliphatic carbocycles. The molecule has 0 saturated carbocycles. The van der Waals surface area contributed by atoms with Crippen molar-refractivity contribution in [2.45, 2.75) is 74.7 Å². The van der Waals surface area contributed by atoms with Gasteiger partial charge in [0, 0.05) is 0 Å². The third kappa shape index (κ3) is 9.83. The average molecular weight is 417 g/mol. The van der Waals surface area contributed by atoms with Crippen molar-refractivity contribution in [1.82, 2.24) is 0 Å². The minimum Gasteiger partial charge on any atom is -0.0683 e. The summed E-state index contributed by atoms with van der Waals surface area (Å²) in [7, 11) is 0. The van der Waals surface area contributed by atoms with Crippen molar-refractivity contribution in [2.24, 2.45) is 0 Å². The van der Waals surface area contributed by atoms with Crippen molar-refractivity contribution in [1.29, 1.82) is 0 Å². The molecule has 0 aliphatic rings. The second-order valence-corrected chi connectivity index (χ2v) is 6.47. The minimum absolute atomic E-state index is 1.12. The lowest BCUT2D eigenvalue weighted by atomic mass is 10.0. The summed E-state index contributed by atoms with van der Waals surface area (Å²) < 4.78 is 0. The standard InChI is InChI=1S/C13H14.C12H12.3C2H6/c1-2-5-11-8-9-12-6-3-4-7-13(12)10-11;1-2-10-7-8-11-5-3-4-6-12(11)9-10;3*1-2/h3-4,6-10H,2,5H2,1H3;3-9H,2H2,1H3;3*1-2H3. The molecule has 31 heavy (non-hydrogen) atoms. The van der Waals surface area contributed by atoms with Crippen LogP contribution >= 0.6 is 0 Å². The van der Waals surface area contributed by atoms with E-state index in [-0.39, 0.29) is 0 Å². The molecule has 0 saturated heterocycles. The van der Waals surface area contributed by atoms with E-state index >= 15 is 0 Å². The highest BCUT2D eigenvalue weighted by molar-refractivity contribution is 5.83. The molecule has 0 atom stereocenters. The summed E-state index contributed by atoms with van der Waals surface area (Å²) in [6, 6.07) is 30.4. The van der Waals surface area contributed by atoms with Crippen LogP contribution in [-0.2, 0) is 12.8 Å². The largest absolute Gasteiger partial charge is 0.0683 e. The lowest BCUT2D eigenvalue weighted by Crippen LogP contribution is -1.82. The molecular formula is C31H44. The molecule has 0 spiro atoms. The maximum Gasteiger partial charge on any atom is -0.0181 e. The smallest absolute Gasteiger partial charge is 0.0181 e. The quantitative estimate of drug-likeness (QED) is 0.311. The van der Waals surface area contributed by atoms with Gasteiger partial charge in [0.15, 0.2) is 0 Å². The molecule has 0 amide bonds. The Labute approximate surface area is 192 Å². The van der Waals surface area contributed by atoms with E-state index in [1.165, 1.54) is 45.5 Å². The Morgan fingerprint density at radius 1 is 0.452 bits per heavy atom. The van der Waals surface area contributed by atoms with Gasteiger partial charge in [-0.15, -0.1) is 0 Å². The molecule has 0 radical (unpaired) electrons. The van der Waals surface area contributed by atoms with Crippen LogP contribution in [-0.4, -0.2) is 0 Å². The summed E-state index contributed by atoms with van der Waals surface area (Å²) in [4.78, 5) is 0. The fourth-order valence-corrected chi connectivity index (χ4v) is 3.14. The number of hydrogen-bond acceptors (Lipinski definition) is 0. The SMILES string of the molecule is CC.CC.CC.CCCc1ccc2ccccc2c1.CCc1ccc2ccccc2c1. The predicted octanol–water partition coefficient (Wildman–Crippen LogP) is 10.3. The fourth-order valence-electron chi connectivity index (χ4n) is 3.14. The van der Waals surface area contributed by atoms with E-state index in [1.54, 1.807) is 0 Å². The lowest BCUT2D eigenvalue weighted by molar-refractivity contribution is 0.924. The first-order valence-corrected chi connectivity index (χ1v) is 12.3. The van der Waals surface area contributed by atoms with Gasteiger partial charge in [0.05, 0.1) is 0 Å². The van der Waals surface area contributed by atoms with E-state index in [9.17, 15) is 0 Å². The molecule has 0 fully saturated rings. The Kier molecular flexibility index (Phi) is 16.7. The molecule has 4 rings (SSSR count). The molecule has 4 aromatic carbocycles. The highest BCUT2D eigenvalue weighted by Crippen LogP contribution is 2.16. The van der Waals surface area contributed by atoms with Gasteiger partial charge >= 0.3 is 0 Å². The van der Waals surface area contributed by atoms with E-state index in [4.69, 9.17) is 0 Å². The number of rotatable bonds is 3. The summed E-state index contributed by atoms with van der Waals surface area (Å²) in [6.07, 6.45) is 3.52. The molecule has 0 heteroatoms. The van der Waals surface area contributed by atoms with E-state index in [1.807, 2.05) is 41.5 Å². The zero-order valence-electron chi connectivity index (χ0n) is 21.2. The van der Waals surface area contributed by atoms with E-state index in [2.05, 4.69) is 98.8 Å². The zero-order valence-corrected chi connectivity index (χ0v) is 21.2. The van der Waals surface area contributed by atoms with Crippen molar-refractivity contribution < 1.29 is 0 Å². The van der Waals surface area contributed by atoms with Gasteiger partial charge in [-0.1, -0.05) is 147 Å². The van der Waals surface area contributed by atoms with E-state index in [0.29, 0.717) is 0 Å². The van der Waals surface area contributed by atoms with Crippen molar-refractivity contribution in [3.05, 3.63) is 96.1 Å². The summed E-state index contributed by atoms with van der Waals surface area (Å²) in [5.41, 5.74) is 2.86. The van der Waals surface area contributed by atoms with Crippen LogP contribution in [0, 0.1) is 0 Å². The van der Waals surface area contributed by atoms with Crippen molar-refractivity contribution >= 4 is 21.5 Å². The van der Waals surface area contributed by atoms with Crippen molar-refractivity contribution in [3.8, 4) is 0 Å². The predicted molar refractivity (Wildman–Crippen MR) is 145 cm³/mol. The summed E-state index contributed by atoms with van der Waals surface area (Å²) >= 11 is 0. The zero-order chi connectivity index (χ0) is 23.5. The van der Waals surface area contributed by atoms with Gasteiger partial charge < -0.3 is 0 Å². The van der Waals surface area contributed by atoms with Crippen LogP contribution in [0.25, 0.3) is 21.5 Å². The van der Waals surface area contributed by atoms with Crippen LogP contribution in [0.2, 0.25) is 0 Å². The Bertz CT molecular complexity index is 950. The first kappa shape index (κ1) is 28.4.